The highest BCUT2D eigenvalue weighted by atomic mass is 32.1. The third-order valence-corrected chi connectivity index (χ3v) is 5.36. The van der Waals surface area contributed by atoms with Crippen LogP contribution in [0.25, 0.3) is 10.2 Å². The van der Waals surface area contributed by atoms with E-state index in [9.17, 15) is 0 Å². The van der Waals surface area contributed by atoms with Gasteiger partial charge >= 0.3 is 0 Å². The van der Waals surface area contributed by atoms with Crippen LogP contribution in [0.4, 0.5) is 5.13 Å². The molecule has 1 aliphatic heterocycles. The maximum Gasteiger partial charge on any atom is 0.187 e. The van der Waals surface area contributed by atoms with E-state index in [0.717, 1.165) is 36.0 Å². The number of anilines is 1. The summed E-state index contributed by atoms with van der Waals surface area (Å²) in [5.74, 6) is 1.66. The second-order valence-corrected chi connectivity index (χ2v) is 7.56. The van der Waals surface area contributed by atoms with E-state index >= 15 is 0 Å². The predicted molar refractivity (Wildman–Crippen MR) is 93.8 cm³/mol. The Kier molecular flexibility index (Phi) is 3.77. The van der Waals surface area contributed by atoms with Crippen molar-refractivity contribution < 1.29 is 0 Å². The number of thiazole rings is 1. The molecule has 1 atom stereocenters. The van der Waals surface area contributed by atoms with Crippen molar-refractivity contribution in [1.29, 1.82) is 0 Å². The Hall–Kier alpha value is -1.95. The maximum atomic E-state index is 4.83. The minimum Gasteiger partial charge on any atom is -0.338 e. The fourth-order valence-electron chi connectivity index (χ4n) is 3.30. The summed E-state index contributed by atoms with van der Waals surface area (Å²) in [5, 5.41) is 9.69. The third kappa shape index (κ3) is 2.72. The number of benzene rings is 1. The molecule has 5 nitrogen and oxygen atoms in total. The van der Waals surface area contributed by atoms with Crippen LogP contribution < -0.4 is 4.90 Å². The molecule has 1 aliphatic rings. The molecular weight excluding hydrogens is 306 g/mol. The molecule has 1 aromatic carbocycles. The molecule has 1 saturated heterocycles. The molecule has 3 heterocycles. The summed E-state index contributed by atoms with van der Waals surface area (Å²) >= 11 is 1.77. The Morgan fingerprint density at radius 3 is 3.00 bits per heavy atom. The molecule has 6 heteroatoms. The standard InChI is InChI=1S/C17H21N5S/c1-12(2)10-21-11-18-20-16(21)14-7-5-9-22(14)17-19-13-6-3-4-8-15(13)23-17/h3-4,6,8,11-12,14H,5,7,9-10H2,1-2H3. The van der Waals surface area contributed by atoms with Crippen molar-refractivity contribution in [2.24, 2.45) is 5.92 Å². The van der Waals surface area contributed by atoms with Gasteiger partial charge < -0.3 is 9.47 Å². The van der Waals surface area contributed by atoms with Gasteiger partial charge in [0.2, 0.25) is 0 Å². The van der Waals surface area contributed by atoms with Crippen LogP contribution in [0.2, 0.25) is 0 Å². The van der Waals surface area contributed by atoms with E-state index in [2.05, 4.69) is 51.7 Å². The Morgan fingerprint density at radius 1 is 1.30 bits per heavy atom. The molecule has 3 aromatic rings. The summed E-state index contributed by atoms with van der Waals surface area (Å²) < 4.78 is 3.46. The minimum absolute atomic E-state index is 0.289. The molecule has 23 heavy (non-hydrogen) atoms. The van der Waals surface area contributed by atoms with Crippen LogP contribution in [0.1, 0.15) is 38.6 Å². The average molecular weight is 327 g/mol. The van der Waals surface area contributed by atoms with Gasteiger partial charge in [-0.1, -0.05) is 37.3 Å². The summed E-state index contributed by atoms with van der Waals surface area (Å²) in [7, 11) is 0. The summed E-state index contributed by atoms with van der Waals surface area (Å²) in [4.78, 5) is 7.24. The lowest BCUT2D eigenvalue weighted by Crippen LogP contribution is -2.25. The van der Waals surface area contributed by atoms with E-state index in [0.29, 0.717) is 5.92 Å². The Balaban J connectivity index is 1.68. The van der Waals surface area contributed by atoms with Crippen LogP contribution in [0.15, 0.2) is 30.6 Å². The van der Waals surface area contributed by atoms with Crippen LogP contribution in [-0.4, -0.2) is 26.3 Å². The van der Waals surface area contributed by atoms with E-state index < -0.39 is 0 Å². The molecule has 2 aromatic heterocycles. The zero-order valence-corrected chi connectivity index (χ0v) is 14.3. The molecule has 120 valence electrons. The molecule has 0 saturated carbocycles. The van der Waals surface area contributed by atoms with Gasteiger partial charge in [0.25, 0.3) is 0 Å². The fourth-order valence-corrected chi connectivity index (χ4v) is 4.34. The molecule has 0 aliphatic carbocycles. The second-order valence-electron chi connectivity index (χ2n) is 6.55. The van der Waals surface area contributed by atoms with E-state index in [1.165, 1.54) is 11.1 Å². The number of para-hydroxylation sites is 1. The quantitative estimate of drug-likeness (QED) is 0.729. The van der Waals surface area contributed by atoms with Crippen molar-refractivity contribution in [2.45, 2.75) is 39.3 Å². The molecule has 0 N–H and O–H groups in total. The van der Waals surface area contributed by atoms with Crippen molar-refractivity contribution in [3.05, 3.63) is 36.4 Å². The number of aromatic nitrogens is 4. The highest BCUT2D eigenvalue weighted by molar-refractivity contribution is 7.22. The largest absolute Gasteiger partial charge is 0.338 e. The van der Waals surface area contributed by atoms with Gasteiger partial charge in [-0.3, -0.25) is 0 Å². The molecular formula is C17H21N5S. The summed E-state index contributed by atoms with van der Waals surface area (Å²) in [6.07, 6.45) is 4.16. The highest BCUT2D eigenvalue weighted by Gasteiger charge is 2.32. The summed E-state index contributed by atoms with van der Waals surface area (Å²) in [6.45, 7) is 6.46. The van der Waals surface area contributed by atoms with Crippen LogP contribution in [0.5, 0.6) is 0 Å². The monoisotopic (exact) mass is 327 g/mol. The Morgan fingerprint density at radius 2 is 2.17 bits per heavy atom. The first-order valence-corrected chi connectivity index (χ1v) is 9.04. The van der Waals surface area contributed by atoms with Crippen LogP contribution in [-0.2, 0) is 6.54 Å². The molecule has 4 rings (SSSR count). The lowest BCUT2D eigenvalue weighted by molar-refractivity contribution is 0.488. The van der Waals surface area contributed by atoms with Crippen LogP contribution >= 0.6 is 11.3 Å². The number of hydrogen-bond acceptors (Lipinski definition) is 5. The normalized spacial score (nSPS) is 18.4. The fraction of sp³-hybridized carbons (Fsp3) is 0.471. The van der Waals surface area contributed by atoms with Crippen molar-refractivity contribution >= 4 is 26.7 Å². The molecule has 0 spiro atoms. The van der Waals surface area contributed by atoms with Gasteiger partial charge in [0.15, 0.2) is 11.0 Å². The molecule has 1 unspecified atom stereocenters. The second kappa shape index (κ2) is 5.92. The third-order valence-electron chi connectivity index (χ3n) is 4.29. The predicted octanol–water partition coefficient (Wildman–Crippen LogP) is 3.89. The Bertz CT molecular complexity index is 773. The molecule has 0 radical (unpaired) electrons. The Labute approximate surface area is 140 Å². The molecule has 0 amide bonds. The van der Waals surface area contributed by atoms with Gasteiger partial charge in [-0.15, -0.1) is 10.2 Å². The van der Waals surface area contributed by atoms with Gasteiger partial charge in [-0.05, 0) is 30.9 Å². The van der Waals surface area contributed by atoms with Crippen molar-refractivity contribution in [3.8, 4) is 0 Å². The van der Waals surface area contributed by atoms with Crippen LogP contribution in [0, 0.1) is 5.92 Å². The smallest absolute Gasteiger partial charge is 0.187 e. The van der Waals surface area contributed by atoms with E-state index in [-0.39, 0.29) is 6.04 Å². The van der Waals surface area contributed by atoms with E-state index in [1.807, 2.05) is 12.4 Å². The number of rotatable bonds is 4. The van der Waals surface area contributed by atoms with Crippen molar-refractivity contribution in [1.82, 2.24) is 19.7 Å². The number of nitrogens with zero attached hydrogens (tertiary/aromatic N) is 5. The SMILES string of the molecule is CC(C)Cn1cnnc1C1CCCN1c1nc2ccccc2s1. The maximum absolute atomic E-state index is 4.83. The topological polar surface area (TPSA) is 46.8 Å². The number of hydrogen-bond donors (Lipinski definition) is 0. The van der Waals surface area contributed by atoms with Crippen molar-refractivity contribution in [2.75, 3.05) is 11.4 Å². The summed E-state index contributed by atoms with van der Waals surface area (Å²) in [5.41, 5.74) is 1.08. The van der Waals surface area contributed by atoms with Crippen LogP contribution in [0.3, 0.4) is 0 Å². The minimum atomic E-state index is 0.289. The molecule has 0 bridgehead atoms. The lowest BCUT2D eigenvalue weighted by atomic mass is 10.2. The van der Waals surface area contributed by atoms with Gasteiger partial charge in [0.1, 0.15) is 6.33 Å². The van der Waals surface area contributed by atoms with E-state index in [1.54, 1.807) is 11.3 Å². The first-order valence-electron chi connectivity index (χ1n) is 8.22. The first kappa shape index (κ1) is 14.6. The lowest BCUT2D eigenvalue weighted by Gasteiger charge is -2.24. The van der Waals surface area contributed by atoms with E-state index in [4.69, 9.17) is 4.98 Å². The highest BCUT2D eigenvalue weighted by Crippen LogP contribution is 2.39. The van der Waals surface area contributed by atoms with Gasteiger partial charge in [0, 0.05) is 13.1 Å². The van der Waals surface area contributed by atoms with Gasteiger partial charge in [0.05, 0.1) is 16.3 Å². The van der Waals surface area contributed by atoms with Gasteiger partial charge in [-0.25, -0.2) is 4.98 Å². The zero-order chi connectivity index (χ0) is 15.8. The van der Waals surface area contributed by atoms with Gasteiger partial charge in [-0.2, -0.15) is 0 Å². The first-order chi connectivity index (χ1) is 11.2. The number of fused-ring (bicyclic) bond motifs is 1. The average Bonchev–Trinajstić information content (AvgIpc) is 3.24. The zero-order valence-electron chi connectivity index (χ0n) is 13.5. The van der Waals surface area contributed by atoms with Crippen molar-refractivity contribution in [3.63, 3.8) is 0 Å². The molecule has 1 fully saturated rings. The summed E-state index contributed by atoms with van der Waals surface area (Å²) in [6, 6.07) is 8.64.